The SMILES string of the molecule is Nc1cc2c3ccccc3n(-c3ccccc3)c2c2c1oc1ccccc12. The zero-order valence-corrected chi connectivity index (χ0v) is 14.5. The lowest BCUT2D eigenvalue weighted by molar-refractivity contribution is 0.670. The van der Waals surface area contributed by atoms with Gasteiger partial charge in [-0.1, -0.05) is 54.6 Å². The largest absolute Gasteiger partial charge is 0.454 e. The second-order valence-electron chi connectivity index (χ2n) is 6.85. The minimum absolute atomic E-state index is 0.671. The smallest absolute Gasteiger partial charge is 0.160 e. The number of benzene rings is 4. The van der Waals surface area contributed by atoms with Crippen LogP contribution in [-0.4, -0.2) is 4.57 Å². The van der Waals surface area contributed by atoms with Crippen LogP contribution in [0, 0.1) is 0 Å². The second-order valence-corrected chi connectivity index (χ2v) is 6.85. The van der Waals surface area contributed by atoms with Gasteiger partial charge in [0, 0.05) is 21.8 Å². The molecule has 6 aromatic rings. The molecule has 0 atom stereocenters. The number of anilines is 1. The third kappa shape index (κ3) is 1.86. The maximum absolute atomic E-state index is 6.42. The van der Waals surface area contributed by atoms with Gasteiger partial charge < -0.3 is 14.7 Å². The van der Waals surface area contributed by atoms with Crippen molar-refractivity contribution in [2.24, 2.45) is 0 Å². The predicted octanol–water partition coefficient (Wildman–Crippen LogP) is 6.27. The van der Waals surface area contributed by atoms with Crippen LogP contribution in [0.5, 0.6) is 0 Å². The summed E-state index contributed by atoms with van der Waals surface area (Å²) in [4.78, 5) is 0. The van der Waals surface area contributed by atoms with E-state index in [9.17, 15) is 0 Å². The first-order chi connectivity index (χ1) is 13.3. The summed E-state index contributed by atoms with van der Waals surface area (Å²) in [7, 11) is 0. The van der Waals surface area contributed by atoms with Crippen molar-refractivity contribution in [1.82, 2.24) is 4.57 Å². The Balaban J connectivity index is 1.98. The van der Waals surface area contributed by atoms with Gasteiger partial charge in [0.2, 0.25) is 0 Å². The van der Waals surface area contributed by atoms with Gasteiger partial charge in [-0.3, -0.25) is 0 Å². The Morgan fingerprint density at radius 2 is 1.41 bits per heavy atom. The number of hydrogen-bond acceptors (Lipinski definition) is 2. The fourth-order valence-corrected chi connectivity index (χ4v) is 4.21. The molecule has 3 nitrogen and oxygen atoms in total. The third-order valence-electron chi connectivity index (χ3n) is 5.32. The first kappa shape index (κ1) is 14.4. The maximum atomic E-state index is 6.42. The number of para-hydroxylation sites is 3. The van der Waals surface area contributed by atoms with Crippen LogP contribution in [0.25, 0.3) is 49.4 Å². The minimum atomic E-state index is 0.671. The Kier molecular flexibility index (Phi) is 2.75. The predicted molar refractivity (Wildman–Crippen MR) is 112 cm³/mol. The summed E-state index contributed by atoms with van der Waals surface area (Å²) in [6.45, 7) is 0. The van der Waals surface area contributed by atoms with Crippen LogP contribution in [0.3, 0.4) is 0 Å². The maximum Gasteiger partial charge on any atom is 0.160 e. The van der Waals surface area contributed by atoms with Crippen LogP contribution >= 0.6 is 0 Å². The van der Waals surface area contributed by atoms with E-state index in [0.29, 0.717) is 5.69 Å². The molecule has 0 radical (unpaired) electrons. The molecule has 0 unspecified atom stereocenters. The van der Waals surface area contributed by atoms with Crippen LogP contribution in [0.15, 0.2) is 89.3 Å². The third-order valence-corrected chi connectivity index (χ3v) is 5.32. The number of furan rings is 1. The molecule has 0 amide bonds. The lowest BCUT2D eigenvalue weighted by Gasteiger charge is -2.08. The monoisotopic (exact) mass is 348 g/mol. The van der Waals surface area contributed by atoms with Crippen molar-refractivity contribution >= 4 is 49.4 Å². The average Bonchev–Trinajstić information content (AvgIpc) is 3.25. The molecule has 27 heavy (non-hydrogen) atoms. The number of rotatable bonds is 1. The van der Waals surface area contributed by atoms with Crippen molar-refractivity contribution in [3.8, 4) is 5.69 Å². The Hall–Kier alpha value is -3.72. The molecule has 0 aliphatic carbocycles. The van der Waals surface area contributed by atoms with Crippen molar-refractivity contribution in [2.75, 3.05) is 5.73 Å². The first-order valence-corrected chi connectivity index (χ1v) is 9.01. The number of hydrogen-bond donors (Lipinski definition) is 1. The van der Waals surface area contributed by atoms with E-state index in [4.69, 9.17) is 10.2 Å². The van der Waals surface area contributed by atoms with Crippen LogP contribution in [-0.2, 0) is 0 Å². The lowest BCUT2D eigenvalue weighted by atomic mass is 10.1. The second kappa shape index (κ2) is 5.15. The quantitative estimate of drug-likeness (QED) is 0.356. The normalized spacial score (nSPS) is 11.9. The highest BCUT2D eigenvalue weighted by Crippen LogP contribution is 2.42. The van der Waals surface area contributed by atoms with Gasteiger partial charge in [-0.05, 0) is 30.3 Å². The number of nitrogen functional groups attached to an aromatic ring is 1. The van der Waals surface area contributed by atoms with Crippen molar-refractivity contribution in [3.05, 3.63) is 84.9 Å². The van der Waals surface area contributed by atoms with Crippen LogP contribution in [0.4, 0.5) is 5.69 Å². The molecular formula is C24H16N2O. The highest BCUT2D eigenvalue weighted by Gasteiger charge is 2.20. The van der Waals surface area contributed by atoms with E-state index in [0.717, 1.165) is 44.0 Å². The van der Waals surface area contributed by atoms with E-state index in [-0.39, 0.29) is 0 Å². The summed E-state index contributed by atoms with van der Waals surface area (Å²) in [5, 5.41) is 4.49. The van der Waals surface area contributed by atoms with Crippen molar-refractivity contribution in [1.29, 1.82) is 0 Å². The molecule has 3 heteroatoms. The van der Waals surface area contributed by atoms with E-state index in [2.05, 4.69) is 59.2 Å². The Bertz CT molecular complexity index is 1470. The Morgan fingerprint density at radius 3 is 2.26 bits per heavy atom. The molecule has 6 rings (SSSR count). The summed E-state index contributed by atoms with van der Waals surface area (Å²) < 4.78 is 8.45. The molecule has 0 aliphatic rings. The highest BCUT2D eigenvalue weighted by molar-refractivity contribution is 6.26. The molecule has 0 fully saturated rings. The molecule has 2 N–H and O–H groups in total. The number of nitrogens with zero attached hydrogens (tertiary/aromatic N) is 1. The summed E-state index contributed by atoms with van der Waals surface area (Å²) in [5.74, 6) is 0. The fraction of sp³-hybridized carbons (Fsp3) is 0. The van der Waals surface area contributed by atoms with E-state index < -0.39 is 0 Å². The number of aromatic nitrogens is 1. The summed E-state index contributed by atoms with van der Waals surface area (Å²) in [6, 6.07) is 29.1. The zero-order chi connectivity index (χ0) is 18.0. The van der Waals surface area contributed by atoms with Gasteiger partial charge in [0.15, 0.2) is 5.58 Å². The Labute approximate surface area is 155 Å². The van der Waals surface area contributed by atoms with Gasteiger partial charge in [0.25, 0.3) is 0 Å². The van der Waals surface area contributed by atoms with Gasteiger partial charge in [-0.2, -0.15) is 0 Å². The summed E-state index contributed by atoms with van der Waals surface area (Å²) in [6.07, 6.45) is 0. The fourth-order valence-electron chi connectivity index (χ4n) is 4.21. The average molecular weight is 348 g/mol. The molecule has 2 heterocycles. The summed E-state index contributed by atoms with van der Waals surface area (Å²) in [5.41, 5.74) is 12.1. The van der Waals surface area contributed by atoms with Crippen LogP contribution < -0.4 is 5.73 Å². The van der Waals surface area contributed by atoms with Gasteiger partial charge in [0.1, 0.15) is 5.58 Å². The van der Waals surface area contributed by atoms with Crippen molar-refractivity contribution in [2.45, 2.75) is 0 Å². The van der Waals surface area contributed by atoms with Gasteiger partial charge in [-0.25, -0.2) is 0 Å². The Morgan fingerprint density at radius 1 is 0.704 bits per heavy atom. The molecule has 0 aliphatic heterocycles. The van der Waals surface area contributed by atoms with Crippen LogP contribution in [0.2, 0.25) is 0 Å². The molecule has 2 aromatic heterocycles. The topological polar surface area (TPSA) is 44.1 Å². The van der Waals surface area contributed by atoms with Crippen molar-refractivity contribution < 1.29 is 4.42 Å². The molecule has 0 saturated heterocycles. The van der Waals surface area contributed by atoms with Gasteiger partial charge in [-0.15, -0.1) is 0 Å². The zero-order valence-electron chi connectivity index (χ0n) is 14.5. The summed E-state index contributed by atoms with van der Waals surface area (Å²) >= 11 is 0. The highest BCUT2D eigenvalue weighted by atomic mass is 16.3. The standard InChI is InChI=1S/C24H16N2O/c25-19-14-18-16-10-4-6-12-20(16)26(15-8-2-1-3-9-15)23(18)22-17-11-5-7-13-21(17)27-24(19)22/h1-14H,25H2. The lowest BCUT2D eigenvalue weighted by Crippen LogP contribution is -1.94. The van der Waals surface area contributed by atoms with E-state index in [1.807, 2.05) is 30.3 Å². The van der Waals surface area contributed by atoms with E-state index in [1.54, 1.807) is 0 Å². The molecule has 128 valence electrons. The minimum Gasteiger partial charge on any atom is -0.454 e. The van der Waals surface area contributed by atoms with Crippen LogP contribution in [0.1, 0.15) is 0 Å². The van der Waals surface area contributed by atoms with E-state index >= 15 is 0 Å². The first-order valence-electron chi connectivity index (χ1n) is 9.01. The number of fused-ring (bicyclic) bond motifs is 7. The molecular weight excluding hydrogens is 332 g/mol. The molecule has 0 saturated carbocycles. The molecule has 4 aromatic carbocycles. The number of nitrogens with two attached hydrogens (primary N) is 1. The molecule has 0 spiro atoms. The van der Waals surface area contributed by atoms with Crippen molar-refractivity contribution in [3.63, 3.8) is 0 Å². The van der Waals surface area contributed by atoms with Gasteiger partial charge in [0.05, 0.1) is 22.1 Å². The van der Waals surface area contributed by atoms with Gasteiger partial charge >= 0.3 is 0 Å². The molecule has 0 bridgehead atoms. The van der Waals surface area contributed by atoms with E-state index in [1.165, 1.54) is 5.39 Å².